The van der Waals surface area contributed by atoms with Crippen LogP contribution in [-0.4, -0.2) is 29.2 Å². The molecule has 0 fully saturated rings. The molecule has 24 heavy (non-hydrogen) atoms. The number of rotatable bonds is 3. The fourth-order valence-electron chi connectivity index (χ4n) is 2.56. The molecule has 0 unspecified atom stereocenters. The van der Waals surface area contributed by atoms with Gasteiger partial charge in [0.15, 0.2) is 9.84 Å². The van der Waals surface area contributed by atoms with Gasteiger partial charge < -0.3 is 4.98 Å². The predicted molar refractivity (Wildman–Crippen MR) is 91.6 cm³/mol. The molecule has 8 heteroatoms. The molecule has 2 aromatic heterocycles. The summed E-state index contributed by atoms with van der Waals surface area (Å²) in [4.78, 5) is 31.4. The van der Waals surface area contributed by atoms with Crippen LogP contribution < -0.4 is 11.2 Å². The molecule has 0 atom stereocenters. The third kappa shape index (κ3) is 3.00. The Kier molecular flexibility index (Phi) is 3.84. The van der Waals surface area contributed by atoms with Crippen molar-refractivity contribution in [1.82, 2.24) is 14.5 Å². The molecule has 0 aliphatic rings. The second kappa shape index (κ2) is 5.72. The monoisotopic (exact) mass is 345 g/mol. The van der Waals surface area contributed by atoms with Gasteiger partial charge in [0.1, 0.15) is 5.88 Å². The molecule has 0 spiro atoms. The van der Waals surface area contributed by atoms with Crippen molar-refractivity contribution in [3.05, 3.63) is 62.9 Å². The lowest BCUT2D eigenvalue weighted by Crippen LogP contribution is -2.37. The first-order valence-electron chi connectivity index (χ1n) is 7.13. The highest BCUT2D eigenvalue weighted by Crippen LogP contribution is 2.24. The van der Waals surface area contributed by atoms with Crippen LogP contribution in [0.4, 0.5) is 0 Å². The molecule has 0 saturated carbocycles. The number of H-pyrrole nitrogens is 1. The fraction of sp³-hybridized carbons (Fsp3) is 0.188. The Bertz CT molecular complexity index is 1150. The summed E-state index contributed by atoms with van der Waals surface area (Å²) in [6.45, 7) is 1.85. The molecular weight excluding hydrogens is 330 g/mol. The van der Waals surface area contributed by atoms with E-state index in [0.717, 1.165) is 17.4 Å². The van der Waals surface area contributed by atoms with E-state index in [-0.39, 0.29) is 5.39 Å². The molecule has 0 bridgehead atoms. The zero-order valence-electron chi connectivity index (χ0n) is 13.1. The van der Waals surface area contributed by atoms with E-state index in [9.17, 15) is 18.0 Å². The number of aryl methyl sites for hydroxylation is 1. The van der Waals surface area contributed by atoms with E-state index in [4.69, 9.17) is 0 Å². The Labute approximate surface area is 137 Å². The van der Waals surface area contributed by atoms with Crippen molar-refractivity contribution in [3.63, 3.8) is 0 Å². The summed E-state index contributed by atoms with van der Waals surface area (Å²) in [6, 6.07) is 8.75. The van der Waals surface area contributed by atoms with Gasteiger partial charge >= 0.3 is 5.69 Å². The maximum atomic E-state index is 12.6. The van der Waals surface area contributed by atoms with Crippen LogP contribution in [0.5, 0.6) is 0 Å². The Morgan fingerprint density at radius 3 is 2.58 bits per heavy atom. The molecule has 3 aromatic rings. The highest BCUT2D eigenvalue weighted by molar-refractivity contribution is 7.89. The van der Waals surface area contributed by atoms with Crippen molar-refractivity contribution in [2.45, 2.75) is 12.8 Å². The number of benzene rings is 1. The molecule has 2 heterocycles. The van der Waals surface area contributed by atoms with Gasteiger partial charge in [0.25, 0.3) is 5.56 Å². The van der Waals surface area contributed by atoms with Crippen molar-refractivity contribution >= 4 is 20.7 Å². The van der Waals surface area contributed by atoms with Crippen molar-refractivity contribution < 1.29 is 8.42 Å². The number of sulfone groups is 1. The standard InChI is InChI=1S/C16H15N3O4S/c1-10-7-14-12(8-11(10)13-5-3-4-6-17-13)15(20)19(16(21)18-14)9-24(2,22)23/h3-8H,9H2,1-2H3,(H,18,21). The Morgan fingerprint density at radius 2 is 1.96 bits per heavy atom. The summed E-state index contributed by atoms with van der Waals surface area (Å²) in [5.74, 6) is -0.663. The second-order valence-corrected chi connectivity index (χ2v) is 7.76. The number of nitrogens with zero attached hydrogens (tertiary/aromatic N) is 2. The van der Waals surface area contributed by atoms with Gasteiger partial charge in [0.2, 0.25) is 0 Å². The van der Waals surface area contributed by atoms with Crippen molar-refractivity contribution in [3.8, 4) is 11.3 Å². The molecule has 0 radical (unpaired) electrons. The Balaban J connectivity index is 2.33. The summed E-state index contributed by atoms with van der Waals surface area (Å²) in [5.41, 5.74) is 1.26. The van der Waals surface area contributed by atoms with Gasteiger partial charge in [-0.1, -0.05) is 6.07 Å². The van der Waals surface area contributed by atoms with E-state index >= 15 is 0 Å². The average molecular weight is 345 g/mol. The number of aromatic nitrogens is 3. The maximum Gasteiger partial charge on any atom is 0.329 e. The summed E-state index contributed by atoms with van der Waals surface area (Å²) in [5, 5.41) is 0.240. The first-order chi connectivity index (χ1) is 11.3. The minimum atomic E-state index is -3.53. The lowest BCUT2D eigenvalue weighted by atomic mass is 10.0. The van der Waals surface area contributed by atoms with Gasteiger partial charge in [-0.25, -0.2) is 17.8 Å². The normalized spacial score (nSPS) is 11.8. The lowest BCUT2D eigenvalue weighted by Gasteiger charge is -2.09. The molecular formula is C16H15N3O4S. The lowest BCUT2D eigenvalue weighted by molar-refractivity contribution is 0.584. The molecule has 7 nitrogen and oxygen atoms in total. The maximum absolute atomic E-state index is 12.6. The van der Waals surface area contributed by atoms with Crippen LogP contribution in [-0.2, 0) is 15.7 Å². The summed E-state index contributed by atoms with van der Waals surface area (Å²) in [7, 11) is -3.53. The Morgan fingerprint density at radius 1 is 1.21 bits per heavy atom. The number of hydrogen-bond acceptors (Lipinski definition) is 5. The zero-order chi connectivity index (χ0) is 17.5. The fourth-order valence-corrected chi connectivity index (χ4v) is 3.26. The molecule has 124 valence electrons. The topological polar surface area (TPSA) is 102 Å². The summed E-state index contributed by atoms with van der Waals surface area (Å²) in [6.07, 6.45) is 2.62. The Hall–Kier alpha value is -2.74. The number of hydrogen-bond donors (Lipinski definition) is 1. The van der Waals surface area contributed by atoms with Crippen LogP contribution in [0.25, 0.3) is 22.2 Å². The number of nitrogens with one attached hydrogen (secondary N) is 1. The van der Waals surface area contributed by atoms with Crippen molar-refractivity contribution in [1.29, 1.82) is 0 Å². The van der Waals surface area contributed by atoms with Crippen LogP contribution in [0.15, 0.2) is 46.1 Å². The number of aromatic amines is 1. The minimum Gasteiger partial charge on any atom is -0.307 e. The summed E-state index contributed by atoms with van der Waals surface area (Å²) < 4.78 is 23.6. The van der Waals surface area contributed by atoms with E-state index in [1.54, 1.807) is 24.4 Å². The van der Waals surface area contributed by atoms with Gasteiger partial charge in [-0.2, -0.15) is 0 Å². The minimum absolute atomic E-state index is 0.240. The van der Waals surface area contributed by atoms with Crippen LogP contribution in [0, 0.1) is 6.92 Å². The molecule has 0 aliphatic carbocycles. The van der Waals surface area contributed by atoms with Crippen LogP contribution >= 0.6 is 0 Å². The van der Waals surface area contributed by atoms with Gasteiger partial charge in [-0.3, -0.25) is 9.78 Å². The third-order valence-electron chi connectivity index (χ3n) is 3.63. The smallest absolute Gasteiger partial charge is 0.307 e. The average Bonchev–Trinajstić information content (AvgIpc) is 2.51. The van der Waals surface area contributed by atoms with Crippen LogP contribution in [0.1, 0.15) is 5.56 Å². The van der Waals surface area contributed by atoms with Crippen molar-refractivity contribution in [2.75, 3.05) is 6.26 Å². The second-order valence-electron chi connectivity index (χ2n) is 5.65. The number of fused-ring (bicyclic) bond motifs is 1. The molecule has 1 N–H and O–H groups in total. The van der Waals surface area contributed by atoms with Gasteiger partial charge in [-0.15, -0.1) is 0 Å². The first kappa shape index (κ1) is 16.1. The quantitative estimate of drug-likeness (QED) is 0.765. The highest BCUT2D eigenvalue weighted by Gasteiger charge is 2.14. The largest absolute Gasteiger partial charge is 0.329 e. The zero-order valence-corrected chi connectivity index (χ0v) is 13.9. The molecule has 1 aromatic carbocycles. The molecule has 3 rings (SSSR count). The van der Waals surface area contributed by atoms with Gasteiger partial charge in [0, 0.05) is 18.0 Å². The van der Waals surface area contributed by atoms with Crippen LogP contribution in [0.2, 0.25) is 0 Å². The number of pyridine rings is 1. The predicted octanol–water partition coefficient (Wildman–Crippen LogP) is 1.06. The van der Waals surface area contributed by atoms with E-state index in [0.29, 0.717) is 15.8 Å². The molecule has 0 amide bonds. The van der Waals surface area contributed by atoms with Crippen molar-refractivity contribution in [2.24, 2.45) is 0 Å². The molecule has 0 aliphatic heterocycles. The first-order valence-corrected chi connectivity index (χ1v) is 9.19. The van der Waals surface area contributed by atoms with Gasteiger partial charge in [0.05, 0.1) is 16.6 Å². The highest BCUT2D eigenvalue weighted by atomic mass is 32.2. The van der Waals surface area contributed by atoms with Crippen LogP contribution in [0.3, 0.4) is 0 Å². The van der Waals surface area contributed by atoms with E-state index < -0.39 is 27.0 Å². The van der Waals surface area contributed by atoms with E-state index in [2.05, 4.69) is 9.97 Å². The molecule has 0 saturated heterocycles. The van der Waals surface area contributed by atoms with E-state index in [1.165, 1.54) is 0 Å². The SMILES string of the molecule is Cc1cc2[nH]c(=O)n(CS(C)(=O)=O)c(=O)c2cc1-c1ccccn1. The van der Waals surface area contributed by atoms with E-state index in [1.807, 2.05) is 19.1 Å². The van der Waals surface area contributed by atoms with Gasteiger partial charge in [-0.05, 0) is 36.8 Å². The third-order valence-corrected chi connectivity index (χ3v) is 4.36. The summed E-state index contributed by atoms with van der Waals surface area (Å²) >= 11 is 0.